The molecule has 0 aliphatic rings. The van der Waals surface area contributed by atoms with E-state index < -0.39 is 0 Å². The fraction of sp³-hybridized carbons (Fsp3) is 0.444. The second kappa shape index (κ2) is 6.77. The minimum absolute atomic E-state index is 0.0293. The molecule has 4 nitrogen and oxygen atoms in total. The van der Waals surface area contributed by atoms with E-state index in [2.05, 4.69) is 24.3 Å². The number of hydrogen-bond donors (Lipinski definition) is 1. The molecule has 0 bridgehead atoms. The lowest BCUT2D eigenvalue weighted by Crippen LogP contribution is -2.23. The summed E-state index contributed by atoms with van der Waals surface area (Å²) in [5.41, 5.74) is 5.23. The molecule has 1 aromatic heterocycles. The predicted molar refractivity (Wildman–Crippen MR) is 90.7 cm³/mol. The molecule has 0 radical (unpaired) electrons. The summed E-state index contributed by atoms with van der Waals surface area (Å²) in [5, 5.41) is 7.64. The molecule has 1 N–H and O–H groups in total. The van der Waals surface area contributed by atoms with Crippen LogP contribution in [0.25, 0.3) is 0 Å². The predicted octanol–water partition coefficient (Wildman–Crippen LogP) is 4.07. The number of aromatic nitrogens is 2. The topological polar surface area (TPSA) is 46.9 Å². The van der Waals surface area contributed by atoms with E-state index in [1.54, 1.807) is 4.68 Å². The Kier molecular flexibility index (Phi) is 5.01. The summed E-state index contributed by atoms with van der Waals surface area (Å²) in [6, 6.07) is 7.96. The van der Waals surface area contributed by atoms with Gasteiger partial charge in [-0.2, -0.15) is 5.10 Å². The third-order valence-corrected chi connectivity index (χ3v) is 4.26. The second-order valence-corrected chi connectivity index (χ2v) is 5.87. The van der Waals surface area contributed by atoms with Gasteiger partial charge in [0.05, 0.1) is 12.2 Å². The number of benzene rings is 1. The summed E-state index contributed by atoms with van der Waals surface area (Å²) < 4.78 is 1.54. The van der Waals surface area contributed by atoms with Gasteiger partial charge in [0, 0.05) is 11.4 Å². The first-order valence-corrected chi connectivity index (χ1v) is 7.84. The highest BCUT2D eigenvalue weighted by Gasteiger charge is 2.19. The van der Waals surface area contributed by atoms with Gasteiger partial charge in [-0.05, 0) is 50.3 Å². The van der Waals surface area contributed by atoms with Gasteiger partial charge in [0.15, 0.2) is 0 Å². The molecule has 0 aliphatic carbocycles. The summed E-state index contributed by atoms with van der Waals surface area (Å²) in [5.74, 6) is 0.393. The highest BCUT2D eigenvalue weighted by atomic mass is 16.2. The number of nitrogens with zero attached hydrogens (tertiary/aromatic N) is 2. The van der Waals surface area contributed by atoms with E-state index in [0.717, 1.165) is 29.1 Å². The minimum atomic E-state index is -0.0293. The van der Waals surface area contributed by atoms with Crippen LogP contribution in [0.15, 0.2) is 24.3 Å². The Hall–Kier alpha value is -2.10. The molecular weight excluding hydrogens is 274 g/mol. The van der Waals surface area contributed by atoms with Crippen molar-refractivity contribution in [2.75, 3.05) is 11.9 Å². The van der Waals surface area contributed by atoms with Crippen LogP contribution in [0.1, 0.15) is 53.5 Å². The number of carbonyl (C=O) groups excluding carboxylic acids is 1. The number of nitrogens with one attached hydrogen (secondary N) is 1. The van der Waals surface area contributed by atoms with Gasteiger partial charge in [0.25, 0.3) is 5.91 Å². The molecule has 2 aromatic rings. The van der Waals surface area contributed by atoms with Crippen molar-refractivity contribution in [2.24, 2.45) is 0 Å². The molecule has 0 saturated carbocycles. The number of anilines is 1. The van der Waals surface area contributed by atoms with Crippen LogP contribution in [0.3, 0.4) is 0 Å². The highest BCUT2D eigenvalue weighted by molar-refractivity contribution is 5.83. The Morgan fingerprint density at radius 1 is 1.27 bits per heavy atom. The van der Waals surface area contributed by atoms with Crippen molar-refractivity contribution in [1.82, 2.24) is 9.78 Å². The summed E-state index contributed by atoms with van der Waals surface area (Å²) in [6.07, 6.45) is 1.04. The van der Waals surface area contributed by atoms with E-state index in [1.807, 2.05) is 45.0 Å². The van der Waals surface area contributed by atoms with Crippen molar-refractivity contribution in [1.29, 1.82) is 0 Å². The van der Waals surface area contributed by atoms with Crippen LogP contribution in [0.2, 0.25) is 0 Å². The normalized spacial score (nSPS) is 12.2. The number of carbonyl (C=O) groups is 1. The Labute approximate surface area is 132 Å². The van der Waals surface area contributed by atoms with E-state index in [0.29, 0.717) is 5.92 Å². The van der Waals surface area contributed by atoms with Crippen molar-refractivity contribution in [3.05, 3.63) is 46.8 Å². The maximum absolute atomic E-state index is 12.5. The average Bonchev–Trinajstić information content (AvgIpc) is 2.80. The molecular formula is C18H25N3O. The van der Waals surface area contributed by atoms with E-state index in [1.165, 1.54) is 5.56 Å². The quantitative estimate of drug-likeness (QED) is 0.905. The molecule has 0 aliphatic heterocycles. The van der Waals surface area contributed by atoms with Crippen molar-refractivity contribution in [2.45, 2.75) is 47.0 Å². The van der Waals surface area contributed by atoms with Crippen LogP contribution in [-0.2, 0) is 0 Å². The Morgan fingerprint density at radius 2 is 1.95 bits per heavy atom. The van der Waals surface area contributed by atoms with Crippen molar-refractivity contribution in [3.8, 4) is 0 Å². The van der Waals surface area contributed by atoms with Gasteiger partial charge in [-0.15, -0.1) is 0 Å². The molecule has 4 heteroatoms. The Morgan fingerprint density at radius 3 is 2.59 bits per heavy atom. The van der Waals surface area contributed by atoms with Crippen LogP contribution >= 0.6 is 0 Å². The van der Waals surface area contributed by atoms with E-state index in [4.69, 9.17) is 0 Å². The standard InChI is InChI=1S/C18H25N3O/c1-6-12(2)18-14(4)20-21(15(18)5)17(22)11-19-16-10-8-7-9-13(16)3/h7-10,12,19H,6,11H2,1-5H3. The van der Waals surface area contributed by atoms with Gasteiger partial charge >= 0.3 is 0 Å². The third-order valence-electron chi connectivity index (χ3n) is 4.26. The van der Waals surface area contributed by atoms with Crippen LogP contribution in [-0.4, -0.2) is 22.2 Å². The first-order chi connectivity index (χ1) is 10.5. The molecule has 1 heterocycles. The van der Waals surface area contributed by atoms with Crippen LogP contribution < -0.4 is 5.32 Å². The summed E-state index contributed by atoms with van der Waals surface area (Å²) in [4.78, 5) is 12.5. The van der Waals surface area contributed by atoms with Gasteiger partial charge < -0.3 is 5.32 Å². The monoisotopic (exact) mass is 299 g/mol. The zero-order chi connectivity index (χ0) is 16.3. The summed E-state index contributed by atoms with van der Waals surface area (Å²) in [6.45, 7) is 10.6. The molecule has 118 valence electrons. The molecule has 0 amide bonds. The van der Waals surface area contributed by atoms with Crippen molar-refractivity contribution >= 4 is 11.6 Å². The molecule has 1 atom stereocenters. The maximum atomic E-state index is 12.5. The number of rotatable bonds is 5. The van der Waals surface area contributed by atoms with Crippen LogP contribution in [0.5, 0.6) is 0 Å². The number of aryl methyl sites for hydroxylation is 2. The first-order valence-electron chi connectivity index (χ1n) is 7.84. The third kappa shape index (κ3) is 3.21. The Bertz CT molecular complexity index is 673. The smallest absolute Gasteiger partial charge is 0.266 e. The van der Waals surface area contributed by atoms with Gasteiger partial charge in [0.2, 0.25) is 0 Å². The average molecular weight is 299 g/mol. The minimum Gasteiger partial charge on any atom is -0.376 e. The molecule has 1 unspecified atom stereocenters. The van der Waals surface area contributed by atoms with Crippen molar-refractivity contribution < 1.29 is 4.79 Å². The lowest BCUT2D eigenvalue weighted by molar-refractivity contribution is 0.0910. The number of para-hydroxylation sites is 1. The van der Waals surface area contributed by atoms with Gasteiger partial charge in [-0.25, -0.2) is 4.68 Å². The number of hydrogen-bond acceptors (Lipinski definition) is 3. The fourth-order valence-electron chi connectivity index (χ4n) is 2.83. The zero-order valence-corrected chi connectivity index (χ0v) is 14.1. The lowest BCUT2D eigenvalue weighted by Gasteiger charge is -2.11. The summed E-state index contributed by atoms with van der Waals surface area (Å²) >= 11 is 0. The molecule has 2 rings (SSSR count). The SMILES string of the molecule is CCC(C)c1c(C)nn(C(=O)CNc2ccccc2C)c1C. The zero-order valence-electron chi connectivity index (χ0n) is 14.1. The van der Waals surface area contributed by atoms with Crippen LogP contribution in [0.4, 0.5) is 5.69 Å². The second-order valence-electron chi connectivity index (χ2n) is 5.87. The van der Waals surface area contributed by atoms with Gasteiger partial charge in [0.1, 0.15) is 0 Å². The first kappa shape index (κ1) is 16.3. The van der Waals surface area contributed by atoms with Crippen molar-refractivity contribution in [3.63, 3.8) is 0 Å². The fourth-order valence-corrected chi connectivity index (χ4v) is 2.83. The van der Waals surface area contributed by atoms with E-state index in [-0.39, 0.29) is 12.5 Å². The molecule has 22 heavy (non-hydrogen) atoms. The lowest BCUT2D eigenvalue weighted by atomic mass is 9.97. The van der Waals surface area contributed by atoms with E-state index >= 15 is 0 Å². The Balaban J connectivity index is 2.15. The molecule has 0 spiro atoms. The maximum Gasteiger partial charge on any atom is 0.266 e. The molecule has 0 fully saturated rings. The summed E-state index contributed by atoms with van der Waals surface area (Å²) in [7, 11) is 0. The van der Waals surface area contributed by atoms with Gasteiger partial charge in [-0.3, -0.25) is 4.79 Å². The van der Waals surface area contributed by atoms with Gasteiger partial charge in [-0.1, -0.05) is 32.0 Å². The largest absolute Gasteiger partial charge is 0.376 e. The highest BCUT2D eigenvalue weighted by Crippen LogP contribution is 2.25. The van der Waals surface area contributed by atoms with E-state index in [9.17, 15) is 4.79 Å². The molecule has 0 saturated heterocycles. The molecule has 1 aromatic carbocycles. The van der Waals surface area contributed by atoms with Crippen LogP contribution in [0, 0.1) is 20.8 Å².